The van der Waals surface area contributed by atoms with Gasteiger partial charge in [0.05, 0.1) is 10.6 Å². The molecule has 1 aromatic carbocycles. The predicted octanol–water partition coefficient (Wildman–Crippen LogP) is 5.16. The monoisotopic (exact) mass is 435 g/mol. The molecule has 0 bridgehead atoms. The summed E-state index contributed by atoms with van der Waals surface area (Å²) in [4.78, 5) is 22.9. The fourth-order valence-corrected chi connectivity index (χ4v) is 4.07. The highest BCUT2D eigenvalue weighted by Crippen LogP contribution is 2.30. The van der Waals surface area contributed by atoms with E-state index in [1.165, 1.54) is 16.9 Å². The second-order valence-corrected chi connectivity index (χ2v) is 8.30. The summed E-state index contributed by atoms with van der Waals surface area (Å²) in [6.45, 7) is 4.26. The summed E-state index contributed by atoms with van der Waals surface area (Å²) in [5.41, 5.74) is 5.79. The van der Waals surface area contributed by atoms with E-state index in [1.54, 1.807) is 12.2 Å². The first-order chi connectivity index (χ1) is 15.2. The number of aromatic nitrogens is 1. The van der Waals surface area contributed by atoms with Gasteiger partial charge in [0, 0.05) is 19.0 Å². The number of nitrogens with zero attached hydrogens (tertiary/aromatic N) is 1. The lowest BCUT2D eigenvalue weighted by molar-refractivity contribution is -0.118. The molecule has 160 valence electrons. The molecule has 31 heavy (non-hydrogen) atoms. The first kappa shape index (κ1) is 21.1. The maximum absolute atomic E-state index is 11.8. The summed E-state index contributed by atoms with van der Waals surface area (Å²) < 4.78 is 5.89. The van der Waals surface area contributed by atoms with Crippen molar-refractivity contribution < 1.29 is 14.4 Å². The van der Waals surface area contributed by atoms with Crippen LogP contribution in [0.1, 0.15) is 25.7 Å². The van der Waals surface area contributed by atoms with E-state index in [9.17, 15) is 4.79 Å². The molecule has 2 aromatic rings. The summed E-state index contributed by atoms with van der Waals surface area (Å²) in [5.74, 6) is 0.919. The van der Waals surface area contributed by atoms with Gasteiger partial charge in [0.2, 0.25) is 5.13 Å². The van der Waals surface area contributed by atoms with E-state index < -0.39 is 0 Å². The molecule has 6 nitrogen and oxygen atoms in total. The minimum atomic E-state index is -0.303. The third-order valence-electron chi connectivity index (χ3n) is 4.99. The number of benzene rings is 1. The molecule has 2 N–H and O–H groups in total. The lowest BCUT2D eigenvalue weighted by Gasteiger charge is -2.25. The number of piperidine rings is 1. The van der Waals surface area contributed by atoms with E-state index in [0.717, 1.165) is 29.0 Å². The number of thiazole rings is 1. The van der Waals surface area contributed by atoms with Crippen molar-refractivity contribution in [1.82, 2.24) is 10.3 Å². The number of anilines is 1. The van der Waals surface area contributed by atoms with Crippen molar-refractivity contribution in [2.75, 3.05) is 12.1 Å². The number of rotatable bonds is 8. The average molecular weight is 436 g/mol. The molecule has 0 saturated carbocycles. The van der Waals surface area contributed by atoms with Gasteiger partial charge >= 0.3 is 0 Å². The lowest BCUT2D eigenvalue weighted by atomic mass is 10.1. The lowest BCUT2D eigenvalue weighted by Crippen LogP contribution is -2.40. The number of ketones is 1. The first-order valence-electron chi connectivity index (χ1n) is 10.3. The van der Waals surface area contributed by atoms with Crippen molar-refractivity contribution in [3.63, 3.8) is 0 Å². The normalized spacial score (nSPS) is 19.6. The third kappa shape index (κ3) is 5.71. The molecule has 2 aliphatic rings. The third-order valence-corrected chi connectivity index (χ3v) is 5.94. The summed E-state index contributed by atoms with van der Waals surface area (Å²) in [7, 11) is 0. The molecule has 7 heteroatoms. The van der Waals surface area contributed by atoms with E-state index in [4.69, 9.17) is 9.57 Å². The Morgan fingerprint density at radius 2 is 2.16 bits per heavy atom. The van der Waals surface area contributed by atoms with Gasteiger partial charge in [0.1, 0.15) is 12.4 Å². The van der Waals surface area contributed by atoms with Gasteiger partial charge in [-0.1, -0.05) is 42.2 Å². The van der Waals surface area contributed by atoms with Crippen LogP contribution in [-0.4, -0.2) is 23.6 Å². The topological polar surface area (TPSA) is 72.5 Å². The van der Waals surface area contributed by atoms with Gasteiger partial charge in [-0.2, -0.15) is 0 Å². The van der Waals surface area contributed by atoms with Crippen molar-refractivity contribution in [3.05, 3.63) is 78.7 Å². The fourth-order valence-electron chi connectivity index (χ4n) is 3.31. The second-order valence-electron chi connectivity index (χ2n) is 7.27. The summed E-state index contributed by atoms with van der Waals surface area (Å²) in [5, 5.41) is 3.72. The molecule has 1 aliphatic heterocycles. The summed E-state index contributed by atoms with van der Waals surface area (Å²) in [6.07, 6.45) is 14.3. The number of carbonyl (C=O) groups excluding carboxylic acids is 1. The zero-order chi connectivity index (χ0) is 21.5. The predicted molar refractivity (Wildman–Crippen MR) is 124 cm³/mol. The Kier molecular flexibility index (Phi) is 6.96. The minimum absolute atomic E-state index is 0.0658. The molecule has 0 amide bonds. The molecular formula is C24H25N3O3S. The van der Waals surface area contributed by atoms with Crippen LogP contribution in [0.5, 0.6) is 5.75 Å². The van der Waals surface area contributed by atoms with E-state index in [2.05, 4.69) is 40.6 Å². The van der Waals surface area contributed by atoms with Crippen LogP contribution in [-0.2, 0) is 9.63 Å². The summed E-state index contributed by atoms with van der Waals surface area (Å²) in [6, 6.07) is 8.02. The molecular weight excluding hydrogens is 410 g/mol. The molecule has 1 fully saturated rings. The van der Waals surface area contributed by atoms with Crippen molar-refractivity contribution >= 4 is 22.3 Å². The van der Waals surface area contributed by atoms with Crippen LogP contribution in [0.2, 0.25) is 0 Å². The maximum atomic E-state index is 11.8. The Balaban J connectivity index is 1.29. The van der Waals surface area contributed by atoms with Gasteiger partial charge in [-0.3, -0.25) is 4.79 Å². The number of Topliss-reactive ketones (excluding diaryl/α,β-unsaturated/α-hetero) is 1. The van der Waals surface area contributed by atoms with Gasteiger partial charge in [-0.25, -0.2) is 15.3 Å². The van der Waals surface area contributed by atoms with E-state index in [0.29, 0.717) is 30.3 Å². The maximum Gasteiger partial charge on any atom is 0.207 e. The SMILES string of the molecule is C=C/C=C1\NC(ONc2ncc(-c3ccc(OCC4=CC=CCC4)cc3)s2)CCC1=O. The minimum Gasteiger partial charge on any atom is -0.489 e. The number of hydrogen-bond acceptors (Lipinski definition) is 7. The Labute approximate surface area is 185 Å². The Morgan fingerprint density at radius 1 is 1.29 bits per heavy atom. The molecule has 2 heterocycles. The molecule has 1 atom stereocenters. The zero-order valence-electron chi connectivity index (χ0n) is 17.2. The highest BCUT2D eigenvalue weighted by atomic mass is 32.1. The van der Waals surface area contributed by atoms with E-state index in [-0.39, 0.29) is 12.0 Å². The Hall–Kier alpha value is -3.16. The van der Waals surface area contributed by atoms with E-state index >= 15 is 0 Å². The Bertz CT molecular complexity index is 1020. The van der Waals surface area contributed by atoms with Gasteiger partial charge < -0.3 is 10.1 Å². The van der Waals surface area contributed by atoms with Crippen molar-refractivity contribution in [3.8, 4) is 16.2 Å². The zero-order valence-corrected chi connectivity index (χ0v) is 18.0. The summed E-state index contributed by atoms with van der Waals surface area (Å²) >= 11 is 1.50. The molecule has 1 unspecified atom stereocenters. The molecule has 0 spiro atoms. The van der Waals surface area contributed by atoms with Crippen LogP contribution in [0.3, 0.4) is 0 Å². The van der Waals surface area contributed by atoms with Crippen LogP contribution in [0.25, 0.3) is 10.4 Å². The second kappa shape index (κ2) is 10.2. The van der Waals surface area contributed by atoms with Gasteiger partial charge in [0.25, 0.3) is 0 Å². The molecule has 1 aliphatic carbocycles. The standard InChI is InChI=1S/C24H25N3O3S/c1-2-6-20-21(28)13-14-23(26-20)30-27-24-25-15-22(31-24)18-9-11-19(12-10-18)29-16-17-7-4-3-5-8-17/h2-4,6-7,9-12,15,23,26H,1,5,8,13-14,16H2,(H,25,27)/b20-6-. The average Bonchev–Trinajstić information content (AvgIpc) is 3.28. The van der Waals surface area contributed by atoms with Crippen molar-refractivity contribution in [2.45, 2.75) is 31.9 Å². The number of hydrogen-bond donors (Lipinski definition) is 2. The molecule has 1 saturated heterocycles. The van der Waals surface area contributed by atoms with E-state index in [1.807, 2.05) is 30.5 Å². The van der Waals surface area contributed by atoms with Gasteiger partial charge in [-0.15, -0.1) is 0 Å². The molecule has 4 rings (SSSR count). The quantitative estimate of drug-likeness (QED) is 0.441. The van der Waals surface area contributed by atoms with Crippen molar-refractivity contribution in [1.29, 1.82) is 0 Å². The number of allylic oxidation sites excluding steroid dienone is 6. The largest absolute Gasteiger partial charge is 0.489 e. The van der Waals surface area contributed by atoms with Gasteiger partial charge in [0.15, 0.2) is 12.0 Å². The van der Waals surface area contributed by atoms with Crippen molar-refractivity contribution in [2.24, 2.45) is 0 Å². The van der Waals surface area contributed by atoms with Crippen LogP contribution < -0.4 is 15.5 Å². The fraction of sp³-hybridized carbons (Fsp3) is 0.250. The number of carbonyl (C=O) groups is 1. The Morgan fingerprint density at radius 3 is 2.94 bits per heavy atom. The highest BCUT2D eigenvalue weighted by Gasteiger charge is 2.23. The first-order valence-corrected chi connectivity index (χ1v) is 11.1. The van der Waals surface area contributed by atoms with Crippen LogP contribution in [0.15, 0.2) is 78.7 Å². The molecule has 1 aromatic heterocycles. The van der Waals surface area contributed by atoms with Crippen LogP contribution in [0.4, 0.5) is 5.13 Å². The van der Waals surface area contributed by atoms with Gasteiger partial charge in [-0.05, 0) is 54.3 Å². The smallest absolute Gasteiger partial charge is 0.207 e. The highest BCUT2D eigenvalue weighted by molar-refractivity contribution is 7.18. The van der Waals surface area contributed by atoms with Crippen LogP contribution >= 0.6 is 11.3 Å². The number of ether oxygens (including phenoxy) is 1. The number of nitrogens with one attached hydrogen (secondary N) is 2. The van der Waals surface area contributed by atoms with Crippen LogP contribution in [0, 0.1) is 0 Å². The molecule has 0 radical (unpaired) electrons.